The summed E-state index contributed by atoms with van der Waals surface area (Å²) in [6, 6.07) is 11.3. The van der Waals surface area contributed by atoms with E-state index in [0.717, 1.165) is 42.0 Å². The summed E-state index contributed by atoms with van der Waals surface area (Å²) in [5.74, 6) is 1.56. The summed E-state index contributed by atoms with van der Waals surface area (Å²) in [5.41, 5.74) is 1.32. The van der Waals surface area contributed by atoms with E-state index in [1.165, 1.54) is 0 Å². The van der Waals surface area contributed by atoms with Crippen molar-refractivity contribution in [2.24, 2.45) is 0 Å². The molecule has 0 aliphatic carbocycles. The molecule has 1 aromatic carbocycles. The minimum absolute atomic E-state index is 0.112. The number of fused-ring (bicyclic) bond motifs is 1. The number of hydrogen-bond donors (Lipinski definition) is 2. The number of rotatable bonds is 10. The van der Waals surface area contributed by atoms with Crippen LogP contribution in [0.3, 0.4) is 0 Å². The second-order valence-corrected chi connectivity index (χ2v) is 7.65. The van der Waals surface area contributed by atoms with Crippen molar-refractivity contribution in [1.82, 2.24) is 20.1 Å². The van der Waals surface area contributed by atoms with Crippen LogP contribution in [-0.4, -0.2) is 53.2 Å². The number of H-pyrrole nitrogens is 1. The normalized spacial score (nSPS) is 11.1. The van der Waals surface area contributed by atoms with Crippen LogP contribution in [0, 0.1) is 0 Å². The largest absolute Gasteiger partial charge is 0.497 e. The van der Waals surface area contributed by atoms with Crippen molar-refractivity contribution < 1.29 is 9.15 Å². The number of hydrogen-bond acceptors (Lipinski definition) is 5. The van der Waals surface area contributed by atoms with Gasteiger partial charge in [-0.2, -0.15) is 0 Å². The van der Waals surface area contributed by atoms with Gasteiger partial charge < -0.3 is 29.3 Å². The van der Waals surface area contributed by atoms with Crippen LogP contribution in [0.2, 0.25) is 0 Å². The van der Waals surface area contributed by atoms with E-state index in [-0.39, 0.29) is 5.56 Å². The Hall–Kier alpha value is -2.84. The number of benzene rings is 1. The van der Waals surface area contributed by atoms with Gasteiger partial charge in [0.05, 0.1) is 26.5 Å². The summed E-state index contributed by atoms with van der Waals surface area (Å²) in [4.78, 5) is 20.1. The lowest BCUT2D eigenvalue weighted by Gasteiger charge is -2.28. The quantitative estimate of drug-likeness (QED) is 0.467. The average Bonchev–Trinajstić information content (AvgIpc) is 3.31. The van der Waals surface area contributed by atoms with Crippen LogP contribution in [-0.2, 0) is 13.1 Å². The van der Waals surface area contributed by atoms with Crippen LogP contribution >= 0.6 is 12.2 Å². The van der Waals surface area contributed by atoms with Gasteiger partial charge in [0, 0.05) is 29.6 Å². The lowest BCUT2D eigenvalue weighted by atomic mass is 10.1. The summed E-state index contributed by atoms with van der Waals surface area (Å²) in [6.07, 6.45) is 1.64. The van der Waals surface area contributed by atoms with Gasteiger partial charge >= 0.3 is 0 Å². The van der Waals surface area contributed by atoms with Crippen LogP contribution in [0.5, 0.6) is 5.75 Å². The molecule has 2 aromatic heterocycles. The molecule has 0 saturated heterocycles. The Morgan fingerprint density at radius 2 is 2.00 bits per heavy atom. The monoisotopic (exact) mass is 442 g/mol. The fourth-order valence-electron chi connectivity index (χ4n) is 3.42. The van der Waals surface area contributed by atoms with Crippen LogP contribution in [0.25, 0.3) is 10.9 Å². The van der Waals surface area contributed by atoms with Crippen LogP contribution in [0.4, 0.5) is 0 Å². The summed E-state index contributed by atoms with van der Waals surface area (Å²) in [6.45, 7) is 8.69. The van der Waals surface area contributed by atoms with Crippen LogP contribution < -0.4 is 15.6 Å². The molecule has 2 N–H and O–H groups in total. The molecule has 31 heavy (non-hydrogen) atoms. The van der Waals surface area contributed by atoms with E-state index in [4.69, 9.17) is 21.4 Å². The number of ether oxygens (including phenoxy) is 1. The maximum absolute atomic E-state index is 12.7. The Balaban J connectivity index is 1.81. The highest BCUT2D eigenvalue weighted by molar-refractivity contribution is 7.80. The Bertz CT molecular complexity index is 1040. The molecule has 0 saturated carbocycles. The highest BCUT2D eigenvalue weighted by Crippen LogP contribution is 2.19. The first-order valence-corrected chi connectivity index (χ1v) is 10.9. The molecule has 0 bridgehead atoms. The van der Waals surface area contributed by atoms with E-state index in [0.29, 0.717) is 30.3 Å². The SMILES string of the molecule is CCN(CC)CCN(Cc1cc2cc(OC)ccc2[nH]c1=O)C(=S)NCc1ccco1. The molecule has 0 aliphatic rings. The van der Waals surface area contributed by atoms with Gasteiger partial charge in [-0.15, -0.1) is 0 Å². The fraction of sp³-hybridized carbons (Fsp3) is 0.391. The van der Waals surface area contributed by atoms with E-state index < -0.39 is 0 Å². The summed E-state index contributed by atoms with van der Waals surface area (Å²) >= 11 is 5.67. The number of pyridine rings is 1. The molecule has 0 amide bonds. The van der Waals surface area contributed by atoms with Gasteiger partial charge in [0.2, 0.25) is 0 Å². The maximum Gasteiger partial charge on any atom is 0.253 e. The van der Waals surface area contributed by atoms with Gasteiger partial charge in [-0.3, -0.25) is 4.79 Å². The third-order valence-electron chi connectivity index (χ3n) is 5.35. The number of aromatic nitrogens is 1. The fourth-order valence-corrected chi connectivity index (χ4v) is 3.65. The van der Waals surface area contributed by atoms with Crippen molar-refractivity contribution in [3.8, 4) is 5.75 Å². The van der Waals surface area contributed by atoms with Crippen molar-refractivity contribution >= 4 is 28.2 Å². The van der Waals surface area contributed by atoms with Crippen LogP contribution in [0.15, 0.2) is 51.9 Å². The number of furan rings is 1. The molecular formula is C23H30N4O3S. The van der Waals surface area contributed by atoms with Crippen molar-refractivity contribution in [1.29, 1.82) is 0 Å². The molecule has 7 nitrogen and oxygen atoms in total. The van der Waals surface area contributed by atoms with Gasteiger partial charge in [-0.05, 0) is 61.7 Å². The molecule has 0 aliphatic heterocycles. The number of nitrogens with one attached hydrogen (secondary N) is 2. The maximum atomic E-state index is 12.7. The Kier molecular flexibility index (Phi) is 8.08. The van der Waals surface area contributed by atoms with Gasteiger partial charge in [0.15, 0.2) is 5.11 Å². The standard InChI is InChI=1S/C23H30N4O3S/c1-4-26(5-2)10-11-27(23(31)24-15-20-7-6-12-30-20)16-18-13-17-14-19(29-3)8-9-21(17)25-22(18)28/h6-9,12-14H,4-5,10-11,15-16H2,1-3H3,(H,24,31)(H,25,28). The topological polar surface area (TPSA) is 73.7 Å². The predicted octanol–water partition coefficient (Wildman–Crippen LogP) is 3.35. The molecule has 0 spiro atoms. The molecule has 0 unspecified atom stereocenters. The highest BCUT2D eigenvalue weighted by Gasteiger charge is 2.15. The van der Waals surface area contributed by atoms with Gasteiger partial charge in [0.25, 0.3) is 5.56 Å². The predicted molar refractivity (Wildman–Crippen MR) is 127 cm³/mol. The molecular weight excluding hydrogens is 412 g/mol. The summed E-state index contributed by atoms with van der Waals surface area (Å²) in [5, 5.41) is 4.77. The van der Waals surface area contributed by atoms with Gasteiger partial charge in [-0.25, -0.2) is 0 Å². The third-order valence-corrected chi connectivity index (χ3v) is 5.75. The van der Waals surface area contributed by atoms with Crippen LogP contribution in [0.1, 0.15) is 25.2 Å². The zero-order chi connectivity index (χ0) is 22.2. The first-order chi connectivity index (χ1) is 15.0. The highest BCUT2D eigenvalue weighted by atomic mass is 32.1. The van der Waals surface area contributed by atoms with Crippen molar-refractivity contribution in [2.45, 2.75) is 26.9 Å². The lowest BCUT2D eigenvalue weighted by Crippen LogP contribution is -2.44. The zero-order valence-corrected chi connectivity index (χ0v) is 19.1. The number of nitrogens with zero attached hydrogens (tertiary/aromatic N) is 2. The van der Waals surface area contributed by atoms with Crippen molar-refractivity contribution in [3.05, 3.63) is 64.3 Å². The molecule has 3 aromatic rings. The van der Waals surface area contributed by atoms with E-state index in [2.05, 4.69) is 29.0 Å². The number of aromatic amines is 1. The van der Waals surface area contributed by atoms with Crippen molar-refractivity contribution in [3.63, 3.8) is 0 Å². The molecule has 2 heterocycles. The second-order valence-electron chi connectivity index (χ2n) is 7.26. The number of likely N-dealkylation sites (N-methyl/N-ethyl adjacent to an activating group) is 1. The van der Waals surface area contributed by atoms with Crippen molar-refractivity contribution in [2.75, 3.05) is 33.3 Å². The smallest absolute Gasteiger partial charge is 0.253 e. The molecule has 3 rings (SSSR count). The third kappa shape index (κ3) is 6.08. The van der Waals surface area contributed by atoms with E-state index >= 15 is 0 Å². The average molecular weight is 443 g/mol. The number of thiocarbonyl (C=S) groups is 1. The Morgan fingerprint density at radius 3 is 2.68 bits per heavy atom. The van der Waals surface area contributed by atoms with E-state index in [9.17, 15) is 4.79 Å². The molecule has 0 atom stereocenters. The molecule has 166 valence electrons. The Morgan fingerprint density at radius 1 is 1.19 bits per heavy atom. The Labute approximate surface area is 188 Å². The van der Waals surface area contributed by atoms with Gasteiger partial charge in [0.1, 0.15) is 11.5 Å². The second kappa shape index (κ2) is 11.0. The minimum atomic E-state index is -0.112. The molecule has 0 fully saturated rings. The summed E-state index contributed by atoms with van der Waals surface area (Å²) in [7, 11) is 1.63. The lowest BCUT2D eigenvalue weighted by molar-refractivity contribution is 0.263. The minimum Gasteiger partial charge on any atom is -0.497 e. The zero-order valence-electron chi connectivity index (χ0n) is 18.3. The summed E-state index contributed by atoms with van der Waals surface area (Å²) < 4.78 is 10.7. The van der Waals surface area contributed by atoms with E-state index in [1.807, 2.05) is 41.3 Å². The molecule has 8 heteroatoms. The number of methoxy groups -OCH3 is 1. The first kappa shape index (κ1) is 22.8. The van der Waals surface area contributed by atoms with E-state index in [1.54, 1.807) is 13.4 Å². The van der Waals surface area contributed by atoms with Gasteiger partial charge in [-0.1, -0.05) is 13.8 Å². The molecule has 0 radical (unpaired) electrons. The first-order valence-electron chi connectivity index (χ1n) is 10.5.